The van der Waals surface area contributed by atoms with Gasteiger partial charge in [0.25, 0.3) is 5.91 Å². The van der Waals surface area contributed by atoms with Crippen LogP contribution in [0.15, 0.2) is 42.7 Å². The number of aromatic nitrogens is 1. The van der Waals surface area contributed by atoms with Gasteiger partial charge in [-0.3, -0.25) is 9.78 Å². The maximum atomic E-state index is 12.7. The molecule has 0 radical (unpaired) electrons. The van der Waals surface area contributed by atoms with E-state index in [4.69, 9.17) is 10.5 Å². The van der Waals surface area contributed by atoms with Gasteiger partial charge in [-0.05, 0) is 30.7 Å². The number of hydrogen-bond acceptors (Lipinski definition) is 4. The second kappa shape index (κ2) is 6.85. The molecule has 0 unspecified atom stereocenters. The highest BCUT2D eigenvalue weighted by molar-refractivity contribution is 6.07. The van der Waals surface area contributed by atoms with Gasteiger partial charge < -0.3 is 15.4 Å². The predicted molar refractivity (Wildman–Crippen MR) is 82.5 cm³/mol. The van der Waals surface area contributed by atoms with E-state index in [1.165, 1.54) is 7.11 Å². The van der Waals surface area contributed by atoms with Gasteiger partial charge in [0.05, 0.1) is 18.9 Å². The van der Waals surface area contributed by atoms with Gasteiger partial charge in [-0.15, -0.1) is 0 Å². The van der Waals surface area contributed by atoms with Crippen LogP contribution in [0, 0.1) is 0 Å². The largest absolute Gasteiger partial charge is 0.494 e. The molecule has 2 aromatic rings. The number of carbonyl (C=O) groups is 1. The number of pyridine rings is 1. The summed E-state index contributed by atoms with van der Waals surface area (Å²) in [5.74, 6) is 0.358. The van der Waals surface area contributed by atoms with Gasteiger partial charge in [0.1, 0.15) is 5.75 Å². The second-order valence-electron chi connectivity index (χ2n) is 4.50. The highest BCUT2D eigenvalue weighted by Crippen LogP contribution is 2.22. The molecular weight excluding hydrogens is 266 g/mol. The SMILES string of the molecule is CCN(C(=O)c1ccncc1OC)c1ccc(CN)cc1. The van der Waals surface area contributed by atoms with E-state index < -0.39 is 0 Å². The van der Waals surface area contributed by atoms with Crippen LogP contribution >= 0.6 is 0 Å². The molecule has 1 amide bonds. The summed E-state index contributed by atoms with van der Waals surface area (Å²) in [7, 11) is 1.53. The normalized spacial score (nSPS) is 10.2. The first-order valence-electron chi connectivity index (χ1n) is 6.80. The lowest BCUT2D eigenvalue weighted by Crippen LogP contribution is -2.31. The van der Waals surface area contributed by atoms with Gasteiger partial charge in [0.15, 0.2) is 0 Å². The van der Waals surface area contributed by atoms with E-state index >= 15 is 0 Å². The van der Waals surface area contributed by atoms with E-state index in [0.717, 1.165) is 11.3 Å². The van der Waals surface area contributed by atoms with E-state index in [0.29, 0.717) is 24.4 Å². The highest BCUT2D eigenvalue weighted by Gasteiger charge is 2.19. The van der Waals surface area contributed by atoms with Crippen molar-refractivity contribution in [3.63, 3.8) is 0 Å². The Bertz CT molecular complexity index is 611. The lowest BCUT2D eigenvalue weighted by Gasteiger charge is -2.22. The first kappa shape index (κ1) is 15.0. The van der Waals surface area contributed by atoms with Gasteiger partial charge in [0, 0.05) is 25.0 Å². The first-order chi connectivity index (χ1) is 10.2. The molecule has 0 aliphatic carbocycles. The van der Waals surface area contributed by atoms with E-state index in [1.54, 1.807) is 23.4 Å². The summed E-state index contributed by atoms with van der Waals surface area (Å²) in [5, 5.41) is 0. The summed E-state index contributed by atoms with van der Waals surface area (Å²) < 4.78 is 5.21. The van der Waals surface area contributed by atoms with Crippen molar-refractivity contribution in [2.75, 3.05) is 18.6 Å². The molecule has 0 bridgehead atoms. The minimum atomic E-state index is -0.114. The number of methoxy groups -OCH3 is 1. The van der Waals surface area contributed by atoms with Crippen LogP contribution < -0.4 is 15.4 Å². The van der Waals surface area contributed by atoms with Crippen molar-refractivity contribution in [3.8, 4) is 5.75 Å². The van der Waals surface area contributed by atoms with Crippen molar-refractivity contribution in [1.29, 1.82) is 0 Å². The number of hydrogen-bond donors (Lipinski definition) is 1. The third-order valence-electron chi connectivity index (χ3n) is 3.28. The Morgan fingerprint density at radius 3 is 2.57 bits per heavy atom. The number of carbonyl (C=O) groups excluding carboxylic acids is 1. The zero-order chi connectivity index (χ0) is 15.2. The molecule has 2 rings (SSSR count). The van der Waals surface area contributed by atoms with Crippen molar-refractivity contribution in [2.24, 2.45) is 5.73 Å². The molecule has 110 valence electrons. The maximum absolute atomic E-state index is 12.7. The lowest BCUT2D eigenvalue weighted by molar-refractivity contribution is 0.0985. The fourth-order valence-electron chi connectivity index (χ4n) is 2.12. The summed E-state index contributed by atoms with van der Waals surface area (Å²) >= 11 is 0. The average molecular weight is 285 g/mol. The van der Waals surface area contributed by atoms with Crippen molar-refractivity contribution >= 4 is 11.6 Å². The Morgan fingerprint density at radius 1 is 1.29 bits per heavy atom. The van der Waals surface area contributed by atoms with E-state index in [2.05, 4.69) is 4.98 Å². The zero-order valence-electron chi connectivity index (χ0n) is 12.2. The zero-order valence-corrected chi connectivity index (χ0v) is 12.2. The smallest absolute Gasteiger partial charge is 0.262 e. The third kappa shape index (κ3) is 3.20. The summed E-state index contributed by atoms with van der Waals surface area (Å²) in [5.41, 5.74) is 7.95. The van der Waals surface area contributed by atoms with Gasteiger partial charge in [0.2, 0.25) is 0 Å². The molecule has 0 atom stereocenters. The topological polar surface area (TPSA) is 68.5 Å². The van der Waals surface area contributed by atoms with Crippen molar-refractivity contribution in [1.82, 2.24) is 4.98 Å². The van der Waals surface area contributed by atoms with Crippen LogP contribution in [0.25, 0.3) is 0 Å². The average Bonchev–Trinajstić information content (AvgIpc) is 2.56. The van der Waals surface area contributed by atoms with Crippen LogP contribution in [0.2, 0.25) is 0 Å². The van der Waals surface area contributed by atoms with Gasteiger partial charge >= 0.3 is 0 Å². The Labute approximate surface area is 124 Å². The van der Waals surface area contributed by atoms with Crippen LogP contribution in [0.5, 0.6) is 5.75 Å². The molecule has 0 saturated carbocycles. The standard InChI is InChI=1S/C16H19N3O2/c1-3-19(13-6-4-12(10-17)5-7-13)16(20)14-8-9-18-11-15(14)21-2/h4-9,11H,3,10,17H2,1-2H3. The van der Waals surface area contributed by atoms with Crippen LogP contribution in [-0.2, 0) is 6.54 Å². The summed E-state index contributed by atoms with van der Waals surface area (Å²) in [6.07, 6.45) is 3.12. The molecule has 1 aromatic carbocycles. The number of nitrogens with zero attached hydrogens (tertiary/aromatic N) is 2. The monoisotopic (exact) mass is 285 g/mol. The minimum absolute atomic E-state index is 0.114. The van der Waals surface area contributed by atoms with Gasteiger partial charge in [-0.2, -0.15) is 0 Å². The van der Waals surface area contributed by atoms with E-state index in [1.807, 2.05) is 31.2 Å². The van der Waals surface area contributed by atoms with Crippen molar-refractivity contribution in [2.45, 2.75) is 13.5 Å². The molecule has 0 fully saturated rings. The molecule has 2 N–H and O–H groups in total. The second-order valence-corrected chi connectivity index (χ2v) is 4.50. The maximum Gasteiger partial charge on any atom is 0.262 e. The van der Waals surface area contributed by atoms with Crippen molar-refractivity contribution in [3.05, 3.63) is 53.9 Å². The fourth-order valence-corrected chi connectivity index (χ4v) is 2.12. The molecule has 21 heavy (non-hydrogen) atoms. The van der Waals surface area contributed by atoms with E-state index in [-0.39, 0.29) is 5.91 Å². The molecule has 0 aliphatic rings. The summed E-state index contributed by atoms with van der Waals surface area (Å²) in [6.45, 7) is 2.98. The fraction of sp³-hybridized carbons (Fsp3) is 0.250. The lowest BCUT2D eigenvalue weighted by atomic mass is 10.1. The molecule has 0 aliphatic heterocycles. The number of anilines is 1. The molecule has 0 spiro atoms. The molecule has 5 heteroatoms. The summed E-state index contributed by atoms with van der Waals surface area (Å²) in [6, 6.07) is 9.32. The molecule has 1 aromatic heterocycles. The van der Waals surface area contributed by atoms with Gasteiger partial charge in [-0.25, -0.2) is 0 Å². The first-order valence-corrected chi connectivity index (χ1v) is 6.80. The number of benzene rings is 1. The van der Waals surface area contributed by atoms with Crippen LogP contribution in [-0.4, -0.2) is 24.5 Å². The van der Waals surface area contributed by atoms with Crippen LogP contribution in [0.3, 0.4) is 0 Å². The van der Waals surface area contributed by atoms with Crippen LogP contribution in [0.4, 0.5) is 5.69 Å². The highest BCUT2D eigenvalue weighted by atomic mass is 16.5. The Balaban J connectivity index is 2.33. The van der Waals surface area contributed by atoms with Crippen molar-refractivity contribution < 1.29 is 9.53 Å². The number of nitrogens with two attached hydrogens (primary N) is 1. The number of amides is 1. The third-order valence-corrected chi connectivity index (χ3v) is 3.28. The molecule has 0 saturated heterocycles. The Morgan fingerprint density at radius 2 is 2.00 bits per heavy atom. The molecule has 1 heterocycles. The summed E-state index contributed by atoms with van der Waals surface area (Å²) in [4.78, 5) is 18.4. The van der Waals surface area contributed by atoms with Gasteiger partial charge in [-0.1, -0.05) is 12.1 Å². The van der Waals surface area contributed by atoms with Crippen LogP contribution in [0.1, 0.15) is 22.8 Å². The molecule has 5 nitrogen and oxygen atoms in total. The minimum Gasteiger partial charge on any atom is -0.494 e. The predicted octanol–water partition coefficient (Wildman–Crippen LogP) is 2.22. The quantitative estimate of drug-likeness (QED) is 0.914. The Kier molecular flexibility index (Phi) is 4.90. The number of rotatable bonds is 5. The van der Waals surface area contributed by atoms with E-state index in [9.17, 15) is 4.79 Å². The Hall–Kier alpha value is -2.40. The molecular formula is C16H19N3O2. The number of ether oxygens (including phenoxy) is 1.